The van der Waals surface area contributed by atoms with E-state index < -0.39 is 10.0 Å². The summed E-state index contributed by atoms with van der Waals surface area (Å²) in [5.74, 6) is -0.338. The Morgan fingerprint density at radius 3 is 2.48 bits per heavy atom. The number of hydrogen-bond acceptors (Lipinski definition) is 5. The van der Waals surface area contributed by atoms with Crippen LogP contribution in [-0.4, -0.2) is 56.4 Å². The topological polar surface area (TPSA) is 90.7 Å². The van der Waals surface area contributed by atoms with Gasteiger partial charge in [-0.2, -0.15) is 9.57 Å². The summed E-state index contributed by atoms with van der Waals surface area (Å²) >= 11 is 6.30. The Bertz CT molecular complexity index is 1070. The number of carbonyl (C=O) groups is 1. The predicted octanol–water partition coefficient (Wildman–Crippen LogP) is 3.28. The lowest BCUT2D eigenvalue weighted by Gasteiger charge is -2.27. The molecule has 1 aliphatic rings. The number of nitriles is 1. The molecule has 3 rings (SSSR count). The van der Waals surface area contributed by atoms with Gasteiger partial charge >= 0.3 is 0 Å². The van der Waals surface area contributed by atoms with Gasteiger partial charge in [-0.3, -0.25) is 4.79 Å². The summed E-state index contributed by atoms with van der Waals surface area (Å²) in [6.07, 6.45) is 0.728. The van der Waals surface area contributed by atoms with Gasteiger partial charge in [0.25, 0.3) is 5.91 Å². The van der Waals surface area contributed by atoms with E-state index in [9.17, 15) is 13.2 Å². The van der Waals surface area contributed by atoms with Crippen molar-refractivity contribution in [2.24, 2.45) is 0 Å². The Balaban J connectivity index is 1.88. The molecule has 1 saturated heterocycles. The molecule has 0 aliphatic carbocycles. The number of sulfonamides is 1. The zero-order valence-corrected chi connectivity index (χ0v) is 18.8. The maximum absolute atomic E-state index is 13.3. The first-order chi connectivity index (χ1) is 14.9. The van der Waals surface area contributed by atoms with Crippen molar-refractivity contribution in [1.29, 1.82) is 5.26 Å². The minimum atomic E-state index is -3.75. The number of halogens is 1. The minimum absolute atomic E-state index is 0.0389. The number of hydrogen-bond donors (Lipinski definition) is 0. The largest absolute Gasteiger partial charge is 0.379 e. The molecule has 0 aromatic heterocycles. The number of rotatable bonds is 7. The maximum atomic E-state index is 13.3. The van der Waals surface area contributed by atoms with Gasteiger partial charge in [-0.05, 0) is 42.3 Å². The number of ether oxygens (including phenoxy) is 1. The maximum Gasteiger partial charge on any atom is 0.255 e. The van der Waals surface area contributed by atoms with Crippen LogP contribution >= 0.6 is 11.6 Å². The van der Waals surface area contributed by atoms with Crippen LogP contribution < -0.4 is 0 Å². The van der Waals surface area contributed by atoms with Crippen molar-refractivity contribution in [3.63, 3.8) is 0 Å². The normalized spacial score (nSPS) is 14.7. The van der Waals surface area contributed by atoms with Crippen LogP contribution in [0.15, 0.2) is 47.4 Å². The second-order valence-electron chi connectivity index (χ2n) is 7.19. The monoisotopic (exact) mass is 461 g/mol. The van der Waals surface area contributed by atoms with Crippen LogP contribution in [0, 0.1) is 11.3 Å². The first-order valence-electron chi connectivity index (χ1n) is 10.0. The average molecular weight is 462 g/mol. The third kappa shape index (κ3) is 5.43. The lowest BCUT2D eigenvalue weighted by molar-refractivity contribution is 0.0729. The van der Waals surface area contributed by atoms with Crippen LogP contribution in [0.25, 0.3) is 0 Å². The van der Waals surface area contributed by atoms with Crippen molar-refractivity contribution in [1.82, 2.24) is 9.21 Å². The fourth-order valence-electron chi connectivity index (χ4n) is 3.36. The molecule has 0 N–H and O–H groups in total. The van der Waals surface area contributed by atoms with Crippen LogP contribution in [0.5, 0.6) is 0 Å². The number of morpholine rings is 1. The SMILES string of the molecule is CCCN(Cc1ccc(C#N)cc1)C(=O)c1cc(S(=O)(=O)N2CCOCC2)ccc1Cl. The molecule has 31 heavy (non-hydrogen) atoms. The van der Waals surface area contributed by atoms with Crippen molar-refractivity contribution < 1.29 is 17.9 Å². The molecule has 164 valence electrons. The molecule has 9 heteroatoms. The molecule has 0 saturated carbocycles. The molecule has 0 radical (unpaired) electrons. The van der Waals surface area contributed by atoms with E-state index in [1.807, 2.05) is 6.92 Å². The second kappa shape index (κ2) is 10.2. The Morgan fingerprint density at radius 2 is 1.87 bits per heavy atom. The van der Waals surface area contributed by atoms with E-state index in [-0.39, 0.29) is 34.5 Å². The van der Waals surface area contributed by atoms with Gasteiger partial charge in [0.15, 0.2) is 0 Å². The van der Waals surface area contributed by atoms with Gasteiger partial charge in [-0.1, -0.05) is 30.7 Å². The highest BCUT2D eigenvalue weighted by Gasteiger charge is 2.28. The van der Waals surface area contributed by atoms with Crippen molar-refractivity contribution in [3.05, 3.63) is 64.2 Å². The van der Waals surface area contributed by atoms with Crippen molar-refractivity contribution in [3.8, 4) is 6.07 Å². The number of carbonyl (C=O) groups excluding carboxylic acids is 1. The van der Waals surface area contributed by atoms with Gasteiger partial charge in [0.1, 0.15) is 0 Å². The highest BCUT2D eigenvalue weighted by Crippen LogP contribution is 2.25. The van der Waals surface area contributed by atoms with Crippen LogP contribution in [0.3, 0.4) is 0 Å². The third-order valence-electron chi connectivity index (χ3n) is 5.01. The van der Waals surface area contributed by atoms with E-state index in [1.165, 1.54) is 22.5 Å². The molecule has 1 aliphatic heterocycles. The molecule has 1 fully saturated rings. The van der Waals surface area contributed by atoms with E-state index in [2.05, 4.69) is 6.07 Å². The zero-order valence-electron chi connectivity index (χ0n) is 17.3. The Kier molecular flexibility index (Phi) is 7.68. The number of benzene rings is 2. The number of nitrogens with zero attached hydrogens (tertiary/aromatic N) is 3. The summed E-state index contributed by atoms with van der Waals surface area (Å²) in [7, 11) is -3.75. The summed E-state index contributed by atoms with van der Waals surface area (Å²) < 4.78 is 32.6. The molecule has 0 unspecified atom stereocenters. The third-order valence-corrected chi connectivity index (χ3v) is 7.24. The fourth-order valence-corrected chi connectivity index (χ4v) is 5.00. The van der Waals surface area contributed by atoms with E-state index in [4.69, 9.17) is 21.6 Å². The van der Waals surface area contributed by atoms with Crippen molar-refractivity contribution >= 4 is 27.5 Å². The molecule has 0 spiro atoms. The lowest BCUT2D eigenvalue weighted by atomic mass is 10.1. The Morgan fingerprint density at radius 1 is 1.19 bits per heavy atom. The first kappa shape index (κ1) is 23.2. The zero-order chi connectivity index (χ0) is 22.4. The summed E-state index contributed by atoms with van der Waals surface area (Å²) in [4.78, 5) is 15.0. The van der Waals surface area contributed by atoms with Crippen molar-refractivity contribution in [2.75, 3.05) is 32.8 Å². The summed E-state index contributed by atoms with van der Waals surface area (Å²) in [5, 5.41) is 9.16. The molecule has 2 aromatic rings. The summed E-state index contributed by atoms with van der Waals surface area (Å²) in [6.45, 7) is 4.00. The molecule has 1 heterocycles. The lowest BCUT2D eigenvalue weighted by Crippen LogP contribution is -2.40. The standard InChI is InChI=1S/C22H24ClN3O4S/c1-2-9-25(16-18-5-3-17(15-24)4-6-18)22(27)20-14-19(7-8-21(20)23)31(28,29)26-10-12-30-13-11-26/h3-8,14H,2,9-13,16H2,1H3. The summed E-state index contributed by atoms with van der Waals surface area (Å²) in [6, 6.07) is 13.3. The van der Waals surface area contributed by atoms with Gasteiger partial charge in [0.2, 0.25) is 10.0 Å². The average Bonchev–Trinajstić information content (AvgIpc) is 2.79. The fraction of sp³-hybridized carbons (Fsp3) is 0.364. The van der Waals surface area contributed by atoms with Crippen molar-refractivity contribution in [2.45, 2.75) is 24.8 Å². The van der Waals surface area contributed by atoms with E-state index in [0.717, 1.165) is 12.0 Å². The van der Waals surface area contributed by atoms with Gasteiger partial charge in [0.05, 0.1) is 40.3 Å². The van der Waals surface area contributed by atoms with Gasteiger partial charge < -0.3 is 9.64 Å². The van der Waals surface area contributed by atoms with E-state index in [1.54, 1.807) is 29.2 Å². The molecule has 7 nitrogen and oxygen atoms in total. The van der Waals surface area contributed by atoms with Gasteiger partial charge in [-0.25, -0.2) is 8.42 Å². The van der Waals surface area contributed by atoms with Crippen LogP contribution in [0.2, 0.25) is 5.02 Å². The second-order valence-corrected chi connectivity index (χ2v) is 9.54. The number of amides is 1. The molecular formula is C22H24ClN3O4S. The van der Waals surface area contributed by atoms with Gasteiger partial charge in [-0.15, -0.1) is 0 Å². The molecule has 1 amide bonds. The van der Waals surface area contributed by atoms with E-state index in [0.29, 0.717) is 31.9 Å². The Hall–Kier alpha value is -2.44. The van der Waals surface area contributed by atoms with Crippen LogP contribution in [0.1, 0.15) is 34.8 Å². The highest BCUT2D eigenvalue weighted by molar-refractivity contribution is 7.89. The molecule has 0 bridgehead atoms. The smallest absolute Gasteiger partial charge is 0.255 e. The molecule has 0 atom stereocenters. The van der Waals surface area contributed by atoms with E-state index >= 15 is 0 Å². The Labute approximate surface area is 187 Å². The quantitative estimate of drug-likeness (QED) is 0.631. The molecular weight excluding hydrogens is 438 g/mol. The predicted molar refractivity (Wildman–Crippen MR) is 117 cm³/mol. The van der Waals surface area contributed by atoms with Crippen LogP contribution in [0.4, 0.5) is 0 Å². The minimum Gasteiger partial charge on any atom is -0.379 e. The summed E-state index contributed by atoms with van der Waals surface area (Å²) in [5.41, 5.74) is 1.56. The first-order valence-corrected chi connectivity index (χ1v) is 11.8. The molecule has 2 aromatic carbocycles. The highest BCUT2D eigenvalue weighted by atomic mass is 35.5. The van der Waals surface area contributed by atoms with Gasteiger partial charge in [0, 0.05) is 26.2 Å². The van der Waals surface area contributed by atoms with Crippen LogP contribution in [-0.2, 0) is 21.3 Å².